The fourth-order valence-electron chi connectivity index (χ4n) is 5.99. The van der Waals surface area contributed by atoms with E-state index < -0.39 is 36.4 Å². The standard InChI is InChI=1S/C36H44F3N5O6S/c1-44(2)24-12-10-23(11-13-24)42-28-7-4-6-25-26(21-36(37,38)39)31(51-33(25)28)8-5-17-41-27-14-9-22(20-30(27)50-19-18-45)34(47)43-29(35(48)49-3)15-16-32(40)46/h4,6-7,9,14,20,23-24,29,41-42,45H,10-13,15-19,21H2,1-3H3,(H2,40,46)(H,43,47). The highest BCUT2D eigenvalue weighted by Gasteiger charge is 2.31. The van der Waals surface area contributed by atoms with Gasteiger partial charge in [0.1, 0.15) is 18.4 Å². The molecule has 0 spiro atoms. The molecule has 1 fully saturated rings. The summed E-state index contributed by atoms with van der Waals surface area (Å²) in [6.07, 6.45) is -1.70. The van der Waals surface area contributed by atoms with E-state index in [4.69, 9.17) is 15.2 Å². The molecule has 276 valence electrons. The van der Waals surface area contributed by atoms with Gasteiger partial charge in [0.25, 0.3) is 5.91 Å². The first-order chi connectivity index (χ1) is 24.3. The number of ether oxygens (including phenoxy) is 2. The number of nitrogens with one attached hydrogen (secondary N) is 3. The van der Waals surface area contributed by atoms with Crippen LogP contribution in [0.15, 0.2) is 36.4 Å². The monoisotopic (exact) mass is 731 g/mol. The summed E-state index contributed by atoms with van der Waals surface area (Å²) in [5.74, 6) is 4.03. The summed E-state index contributed by atoms with van der Waals surface area (Å²) in [7, 11) is 5.31. The zero-order chi connectivity index (χ0) is 37.1. The molecule has 1 heterocycles. The van der Waals surface area contributed by atoms with Crippen molar-refractivity contribution < 1.29 is 42.1 Å². The Balaban J connectivity index is 1.53. The average Bonchev–Trinajstić information content (AvgIpc) is 3.43. The van der Waals surface area contributed by atoms with Gasteiger partial charge < -0.3 is 41.2 Å². The van der Waals surface area contributed by atoms with Gasteiger partial charge in [0.2, 0.25) is 5.91 Å². The zero-order valence-corrected chi connectivity index (χ0v) is 29.6. The van der Waals surface area contributed by atoms with Crippen LogP contribution in [0.25, 0.3) is 10.1 Å². The molecule has 1 atom stereocenters. The van der Waals surface area contributed by atoms with Crippen LogP contribution < -0.4 is 26.4 Å². The lowest BCUT2D eigenvalue weighted by Gasteiger charge is -2.33. The lowest BCUT2D eigenvalue weighted by atomic mass is 9.90. The summed E-state index contributed by atoms with van der Waals surface area (Å²) in [4.78, 5) is 38.9. The zero-order valence-electron chi connectivity index (χ0n) is 28.8. The summed E-state index contributed by atoms with van der Waals surface area (Å²) in [5, 5.41) is 19.0. The molecule has 3 aromatic rings. The normalized spacial score (nSPS) is 16.5. The smallest absolute Gasteiger partial charge is 0.393 e. The summed E-state index contributed by atoms with van der Waals surface area (Å²) in [6.45, 7) is -0.376. The Morgan fingerprint density at radius 3 is 2.51 bits per heavy atom. The van der Waals surface area contributed by atoms with Crippen LogP contribution in [-0.2, 0) is 20.7 Å². The van der Waals surface area contributed by atoms with Gasteiger partial charge in [-0.15, -0.1) is 11.3 Å². The van der Waals surface area contributed by atoms with Crippen molar-refractivity contribution in [1.82, 2.24) is 10.2 Å². The van der Waals surface area contributed by atoms with Gasteiger partial charge in [0, 0.05) is 24.1 Å². The van der Waals surface area contributed by atoms with E-state index in [0.29, 0.717) is 22.0 Å². The van der Waals surface area contributed by atoms with E-state index >= 15 is 0 Å². The number of benzene rings is 2. The molecule has 1 aliphatic carbocycles. The molecule has 0 radical (unpaired) electrons. The van der Waals surface area contributed by atoms with Crippen molar-refractivity contribution >= 4 is 50.6 Å². The number of hydrogen-bond donors (Lipinski definition) is 5. The van der Waals surface area contributed by atoms with Crippen molar-refractivity contribution in [2.45, 2.75) is 69.2 Å². The van der Waals surface area contributed by atoms with Gasteiger partial charge in [0.05, 0.1) is 47.6 Å². The Bertz CT molecular complexity index is 1740. The number of aliphatic hydroxyl groups is 1. The van der Waals surface area contributed by atoms with E-state index in [1.807, 2.05) is 6.07 Å². The Kier molecular flexibility index (Phi) is 13.9. The number of halogens is 3. The maximum absolute atomic E-state index is 13.8. The first-order valence-corrected chi connectivity index (χ1v) is 17.4. The van der Waals surface area contributed by atoms with Gasteiger partial charge in [-0.05, 0) is 81.4 Å². The molecule has 1 unspecified atom stereocenters. The summed E-state index contributed by atoms with van der Waals surface area (Å²) in [5.41, 5.74) is 6.65. The third-order valence-electron chi connectivity index (χ3n) is 8.61. The summed E-state index contributed by atoms with van der Waals surface area (Å²) >= 11 is 1.24. The van der Waals surface area contributed by atoms with Crippen molar-refractivity contribution in [1.29, 1.82) is 0 Å². The topological polar surface area (TPSA) is 155 Å². The third kappa shape index (κ3) is 11.2. The number of nitrogens with zero attached hydrogens (tertiary/aromatic N) is 1. The van der Waals surface area contributed by atoms with Crippen LogP contribution in [0.3, 0.4) is 0 Å². The predicted octanol–water partition coefficient (Wildman–Crippen LogP) is 4.66. The van der Waals surface area contributed by atoms with E-state index in [2.05, 4.69) is 46.8 Å². The Hall–Kier alpha value is -4.52. The first-order valence-electron chi connectivity index (χ1n) is 16.6. The van der Waals surface area contributed by atoms with Crippen LogP contribution in [0.4, 0.5) is 24.5 Å². The number of nitrogens with two attached hydrogens (primary N) is 1. The Labute approximate surface area is 299 Å². The van der Waals surface area contributed by atoms with Gasteiger partial charge in [-0.2, -0.15) is 13.2 Å². The molecule has 0 bridgehead atoms. The molecule has 1 saturated carbocycles. The average molecular weight is 732 g/mol. The number of hydrogen-bond acceptors (Lipinski definition) is 10. The highest BCUT2D eigenvalue weighted by atomic mass is 32.1. The van der Waals surface area contributed by atoms with Crippen molar-refractivity contribution in [3.8, 4) is 17.6 Å². The largest absolute Gasteiger partial charge is 0.489 e. The number of anilines is 2. The maximum Gasteiger partial charge on any atom is 0.393 e. The fourth-order valence-corrected chi connectivity index (χ4v) is 7.16. The van der Waals surface area contributed by atoms with Crippen molar-refractivity contribution in [3.63, 3.8) is 0 Å². The van der Waals surface area contributed by atoms with Crippen LogP contribution in [0.1, 0.15) is 59.3 Å². The fraction of sp³-hybridized carbons (Fsp3) is 0.472. The van der Waals surface area contributed by atoms with Crippen LogP contribution in [0, 0.1) is 11.8 Å². The SMILES string of the molecule is COC(=O)C(CCC(N)=O)NC(=O)c1ccc(NCC#Cc2sc3c(NC4CCC(N(C)C)CC4)cccc3c2CC(F)(F)F)c(OCCO)c1. The molecule has 2 amide bonds. The number of carbonyl (C=O) groups is 3. The lowest BCUT2D eigenvalue weighted by molar-refractivity contribution is -0.143. The molecule has 4 rings (SSSR count). The quantitative estimate of drug-likeness (QED) is 0.111. The van der Waals surface area contributed by atoms with E-state index in [0.717, 1.165) is 43.2 Å². The molecule has 6 N–H and O–H groups in total. The second-order valence-electron chi connectivity index (χ2n) is 12.5. The molecule has 0 aliphatic heterocycles. The van der Waals surface area contributed by atoms with Gasteiger partial charge in [0.15, 0.2) is 0 Å². The number of rotatable bonds is 15. The number of methoxy groups -OCH3 is 1. The molecule has 2 aromatic carbocycles. The minimum absolute atomic E-state index is 0.0263. The van der Waals surface area contributed by atoms with Gasteiger partial charge in [-0.1, -0.05) is 24.0 Å². The van der Waals surface area contributed by atoms with E-state index in [9.17, 15) is 32.7 Å². The van der Waals surface area contributed by atoms with Crippen molar-refractivity contribution in [2.75, 3.05) is 51.6 Å². The van der Waals surface area contributed by atoms with E-state index in [1.165, 1.54) is 23.5 Å². The molecule has 51 heavy (non-hydrogen) atoms. The van der Waals surface area contributed by atoms with Crippen LogP contribution >= 0.6 is 11.3 Å². The minimum atomic E-state index is -4.43. The molecule has 1 aromatic heterocycles. The van der Waals surface area contributed by atoms with Gasteiger partial charge in [-0.25, -0.2) is 4.79 Å². The molecule has 0 saturated heterocycles. The highest BCUT2D eigenvalue weighted by Crippen LogP contribution is 2.40. The second kappa shape index (κ2) is 18.1. The molecule has 15 heteroatoms. The van der Waals surface area contributed by atoms with Crippen molar-refractivity contribution in [2.24, 2.45) is 5.73 Å². The number of carbonyl (C=O) groups excluding carboxylic acids is 3. The van der Waals surface area contributed by atoms with Gasteiger partial charge in [-0.3, -0.25) is 9.59 Å². The van der Waals surface area contributed by atoms with Crippen LogP contribution in [0.5, 0.6) is 5.75 Å². The Morgan fingerprint density at radius 2 is 1.86 bits per heavy atom. The maximum atomic E-state index is 13.8. The van der Waals surface area contributed by atoms with Crippen LogP contribution in [-0.4, -0.2) is 93.1 Å². The highest BCUT2D eigenvalue weighted by molar-refractivity contribution is 7.20. The van der Waals surface area contributed by atoms with Gasteiger partial charge >= 0.3 is 12.1 Å². The Morgan fingerprint density at radius 1 is 1.12 bits per heavy atom. The van der Waals surface area contributed by atoms with Crippen LogP contribution in [0.2, 0.25) is 0 Å². The molecule has 11 nitrogen and oxygen atoms in total. The number of primary amides is 1. The number of aliphatic hydroxyl groups excluding tert-OH is 1. The lowest BCUT2D eigenvalue weighted by Crippen LogP contribution is -2.42. The molecule has 1 aliphatic rings. The predicted molar refractivity (Wildman–Crippen MR) is 191 cm³/mol. The second-order valence-corrected chi connectivity index (χ2v) is 13.5. The number of alkyl halides is 3. The molecular formula is C36H44F3N5O6S. The number of thiophene rings is 1. The van der Waals surface area contributed by atoms with E-state index in [1.54, 1.807) is 18.2 Å². The van der Waals surface area contributed by atoms with E-state index in [-0.39, 0.29) is 55.5 Å². The summed E-state index contributed by atoms with van der Waals surface area (Å²) < 4.78 is 52.4. The third-order valence-corrected chi connectivity index (χ3v) is 9.81. The van der Waals surface area contributed by atoms with Crippen molar-refractivity contribution in [3.05, 3.63) is 52.4 Å². The summed E-state index contributed by atoms with van der Waals surface area (Å²) in [6, 6.07) is 9.43. The molecular weight excluding hydrogens is 687 g/mol. The minimum Gasteiger partial charge on any atom is -0.489 e. The number of amides is 2. The number of esters is 1. The first kappa shape index (κ1) is 39.3. The number of fused-ring (bicyclic) bond motifs is 1.